The van der Waals surface area contributed by atoms with Crippen molar-refractivity contribution in [1.82, 2.24) is 9.66 Å². The summed E-state index contributed by atoms with van der Waals surface area (Å²) in [6.07, 6.45) is 4.54. The Morgan fingerprint density at radius 2 is 1.92 bits per heavy atom. The SMILES string of the molecule is CS(=O)(=O)Nn1c(=O)[nH]c2cc([N+](=O)[O-])c(NC3CCCC3)cc2c1=O. The molecule has 0 atom stereocenters. The summed E-state index contributed by atoms with van der Waals surface area (Å²) >= 11 is 0. The van der Waals surface area contributed by atoms with Gasteiger partial charge < -0.3 is 10.3 Å². The van der Waals surface area contributed by atoms with Crippen LogP contribution in [0.4, 0.5) is 11.4 Å². The number of rotatable bonds is 5. The summed E-state index contributed by atoms with van der Waals surface area (Å²) in [7, 11) is -3.87. The van der Waals surface area contributed by atoms with Gasteiger partial charge in [0.1, 0.15) is 5.69 Å². The second kappa shape index (κ2) is 6.44. The smallest absolute Gasteiger partial charge is 0.348 e. The summed E-state index contributed by atoms with van der Waals surface area (Å²) in [4.78, 5) is 39.4. The van der Waals surface area contributed by atoms with E-state index in [0.717, 1.165) is 38.0 Å². The van der Waals surface area contributed by atoms with Gasteiger partial charge in [0.15, 0.2) is 0 Å². The molecule has 11 nitrogen and oxygen atoms in total. The highest BCUT2D eigenvalue weighted by Crippen LogP contribution is 2.31. The first-order valence-corrected chi connectivity index (χ1v) is 9.76. The van der Waals surface area contributed by atoms with Crippen LogP contribution in [0.15, 0.2) is 21.7 Å². The van der Waals surface area contributed by atoms with Gasteiger partial charge in [-0.2, -0.15) is 4.68 Å². The van der Waals surface area contributed by atoms with Gasteiger partial charge in [-0.15, -0.1) is 0 Å². The van der Waals surface area contributed by atoms with E-state index in [1.165, 1.54) is 6.07 Å². The maximum absolute atomic E-state index is 12.5. The highest BCUT2D eigenvalue weighted by molar-refractivity contribution is 7.91. The molecule has 1 aliphatic rings. The zero-order chi connectivity index (χ0) is 19.1. The van der Waals surface area contributed by atoms with Gasteiger partial charge in [-0.3, -0.25) is 14.9 Å². The monoisotopic (exact) mass is 383 g/mol. The minimum absolute atomic E-state index is 0.0461. The van der Waals surface area contributed by atoms with E-state index in [1.54, 1.807) is 0 Å². The van der Waals surface area contributed by atoms with E-state index in [9.17, 15) is 28.1 Å². The second-order valence-corrected chi connectivity index (χ2v) is 7.96. The normalized spacial score (nSPS) is 15.3. The Balaban J connectivity index is 2.20. The predicted octanol–water partition coefficient (Wildman–Crippen LogP) is 0.456. The lowest BCUT2D eigenvalue weighted by Gasteiger charge is -2.14. The third-order valence-corrected chi connectivity index (χ3v) is 4.70. The molecule has 0 amide bonds. The molecule has 1 fully saturated rings. The minimum Gasteiger partial charge on any atom is -0.377 e. The van der Waals surface area contributed by atoms with E-state index in [0.29, 0.717) is 4.68 Å². The zero-order valence-electron chi connectivity index (χ0n) is 13.8. The molecule has 1 aromatic heterocycles. The van der Waals surface area contributed by atoms with Crippen LogP contribution in [0.1, 0.15) is 25.7 Å². The van der Waals surface area contributed by atoms with Crippen LogP contribution in [-0.2, 0) is 10.0 Å². The Kier molecular flexibility index (Phi) is 4.44. The predicted molar refractivity (Wildman–Crippen MR) is 95.6 cm³/mol. The molecule has 12 heteroatoms. The highest BCUT2D eigenvalue weighted by atomic mass is 32.2. The number of benzene rings is 1. The molecule has 0 saturated heterocycles. The maximum atomic E-state index is 12.5. The Bertz CT molecular complexity index is 1100. The first-order chi connectivity index (χ1) is 12.2. The first-order valence-electron chi connectivity index (χ1n) is 7.87. The maximum Gasteiger partial charge on any atom is 0.348 e. The first kappa shape index (κ1) is 17.9. The Morgan fingerprint density at radius 3 is 2.50 bits per heavy atom. The van der Waals surface area contributed by atoms with Crippen LogP contribution in [0.25, 0.3) is 10.9 Å². The van der Waals surface area contributed by atoms with Gasteiger partial charge in [0.2, 0.25) is 10.0 Å². The van der Waals surface area contributed by atoms with Gasteiger partial charge in [0.25, 0.3) is 11.2 Å². The van der Waals surface area contributed by atoms with Crippen molar-refractivity contribution in [1.29, 1.82) is 0 Å². The number of hydrogen-bond donors (Lipinski definition) is 3. The molecule has 0 unspecified atom stereocenters. The number of nitrogens with one attached hydrogen (secondary N) is 3. The number of hydrogen-bond acceptors (Lipinski definition) is 7. The number of nitro benzene ring substituents is 1. The van der Waals surface area contributed by atoms with E-state index < -0.39 is 26.2 Å². The standard InChI is InChI=1S/C14H17N5O6S/c1-26(24,25)17-18-13(20)9-6-11(15-8-4-2-3-5-8)12(19(22)23)7-10(9)16-14(18)21/h6-8,15,17H,2-5H2,1H3,(H,16,21). The van der Waals surface area contributed by atoms with Gasteiger partial charge in [-0.25, -0.2) is 18.0 Å². The molecule has 0 spiro atoms. The molecule has 1 aromatic carbocycles. The fraction of sp³-hybridized carbons (Fsp3) is 0.429. The van der Waals surface area contributed by atoms with Crippen LogP contribution in [0.5, 0.6) is 0 Å². The molecule has 0 radical (unpaired) electrons. The minimum atomic E-state index is -3.87. The molecular weight excluding hydrogens is 366 g/mol. The number of H-pyrrole nitrogens is 1. The molecule has 1 heterocycles. The average Bonchev–Trinajstić information content (AvgIpc) is 3.03. The molecule has 3 N–H and O–H groups in total. The third kappa shape index (κ3) is 3.54. The molecule has 2 aromatic rings. The van der Waals surface area contributed by atoms with Crippen LogP contribution in [-0.4, -0.2) is 35.3 Å². The molecule has 1 saturated carbocycles. The van der Waals surface area contributed by atoms with Crippen molar-refractivity contribution in [2.24, 2.45) is 0 Å². The summed E-state index contributed by atoms with van der Waals surface area (Å²) in [5.41, 5.74) is -2.12. The van der Waals surface area contributed by atoms with Crippen molar-refractivity contribution in [2.45, 2.75) is 31.7 Å². The number of aromatic amines is 1. The average molecular weight is 383 g/mol. The number of anilines is 1. The summed E-state index contributed by atoms with van der Waals surface area (Å²) in [6.45, 7) is 0. The summed E-state index contributed by atoms with van der Waals surface area (Å²) in [5.74, 6) is 0. The van der Waals surface area contributed by atoms with Gasteiger partial charge >= 0.3 is 5.69 Å². The summed E-state index contributed by atoms with van der Waals surface area (Å²) in [6, 6.07) is 2.43. The molecule has 140 valence electrons. The highest BCUT2D eigenvalue weighted by Gasteiger charge is 2.23. The van der Waals surface area contributed by atoms with E-state index in [2.05, 4.69) is 10.3 Å². The van der Waals surface area contributed by atoms with E-state index in [1.807, 2.05) is 4.83 Å². The molecule has 0 aliphatic heterocycles. The summed E-state index contributed by atoms with van der Waals surface area (Å²) < 4.78 is 23.0. The van der Waals surface area contributed by atoms with Crippen molar-refractivity contribution < 1.29 is 13.3 Å². The molecular formula is C14H17N5O6S. The van der Waals surface area contributed by atoms with Crippen LogP contribution < -0.4 is 21.4 Å². The largest absolute Gasteiger partial charge is 0.377 e. The zero-order valence-corrected chi connectivity index (χ0v) is 14.6. The quantitative estimate of drug-likeness (QED) is 0.500. The molecule has 26 heavy (non-hydrogen) atoms. The lowest BCUT2D eigenvalue weighted by atomic mass is 10.1. The van der Waals surface area contributed by atoms with Crippen LogP contribution in [0.2, 0.25) is 0 Å². The van der Waals surface area contributed by atoms with Gasteiger partial charge in [-0.1, -0.05) is 12.8 Å². The molecule has 1 aliphatic carbocycles. The van der Waals surface area contributed by atoms with Gasteiger partial charge in [0.05, 0.1) is 22.1 Å². The van der Waals surface area contributed by atoms with Crippen LogP contribution in [0, 0.1) is 10.1 Å². The lowest BCUT2D eigenvalue weighted by Crippen LogP contribution is -2.43. The number of nitro groups is 1. The Labute approximate surface area is 147 Å². The summed E-state index contributed by atoms with van der Waals surface area (Å²) in [5, 5.41) is 14.4. The van der Waals surface area contributed by atoms with Crippen molar-refractivity contribution in [2.75, 3.05) is 16.4 Å². The van der Waals surface area contributed by atoms with E-state index in [-0.39, 0.29) is 28.3 Å². The van der Waals surface area contributed by atoms with Crippen LogP contribution >= 0.6 is 0 Å². The fourth-order valence-corrected chi connectivity index (χ4v) is 3.56. The Hall–Kier alpha value is -2.89. The Morgan fingerprint density at radius 1 is 1.27 bits per heavy atom. The van der Waals surface area contributed by atoms with Crippen molar-refractivity contribution in [3.63, 3.8) is 0 Å². The van der Waals surface area contributed by atoms with Gasteiger partial charge in [-0.05, 0) is 18.9 Å². The van der Waals surface area contributed by atoms with E-state index >= 15 is 0 Å². The van der Waals surface area contributed by atoms with Crippen molar-refractivity contribution in [3.05, 3.63) is 43.1 Å². The molecule has 3 rings (SSSR count). The number of sulfonamides is 1. The fourth-order valence-electron chi connectivity index (χ4n) is 3.06. The van der Waals surface area contributed by atoms with E-state index in [4.69, 9.17) is 0 Å². The van der Waals surface area contributed by atoms with Crippen LogP contribution in [0.3, 0.4) is 0 Å². The topological polar surface area (TPSA) is 156 Å². The molecule has 0 bridgehead atoms. The number of nitrogens with zero attached hydrogens (tertiary/aromatic N) is 2. The third-order valence-electron chi connectivity index (χ3n) is 4.18. The van der Waals surface area contributed by atoms with Gasteiger partial charge in [0, 0.05) is 12.1 Å². The second-order valence-electron chi connectivity index (χ2n) is 6.23. The van der Waals surface area contributed by atoms with Crippen molar-refractivity contribution in [3.8, 4) is 0 Å². The number of fused-ring (bicyclic) bond motifs is 1. The lowest BCUT2D eigenvalue weighted by molar-refractivity contribution is -0.383. The number of aromatic nitrogens is 2. The van der Waals surface area contributed by atoms with Crippen molar-refractivity contribution >= 4 is 32.3 Å².